The van der Waals surface area contributed by atoms with Crippen molar-refractivity contribution in [3.05, 3.63) is 70.8 Å². The van der Waals surface area contributed by atoms with Gasteiger partial charge in [-0.05, 0) is 23.3 Å². The number of fused-ring (bicyclic) bond motifs is 1. The molecule has 0 heterocycles. The molecule has 2 heteroatoms. The van der Waals surface area contributed by atoms with Crippen LogP contribution in [-0.4, -0.2) is 5.78 Å². The molecule has 0 aromatic heterocycles. The van der Waals surface area contributed by atoms with Gasteiger partial charge in [0.05, 0.1) is 11.6 Å². The van der Waals surface area contributed by atoms with Crippen LogP contribution in [0.2, 0.25) is 0 Å². The van der Waals surface area contributed by atoms with Crippen molar-refractivity contribution in [1.82, 2.24) is 0 Å². The summed E-state index contributed by atoms with van der Waals surface area (Å²) >= 11 is 0. The standard InChI is InChI=1S/C16H11NO/c17-10-11-5-7-12(8-6-11)15-9-16(18)14-4-2-1-3-13(14)15/h1-8,15H,9H2. The minimum atomic E-state index is 0.140. The van der Waals surface area contributed by atoms with E-state index in [9.17, 15) is 4.79 Å². The van der Waals surface area contributed by atoms with Gasteiger partial charge in [0.25, 0.3) is 0 Å². The van der Waals surface area contributed by atoms with Crippen LogP contribution in [0.25, 0.3) is 0 Å². The lowest BCUT2D eigenvalue weighted by molar-refractivity contribution is 0.0991. The van der Waals surface area contributed by atoms with Gasteiger partial charge < -0.3 is 0 Å². The summed E-state index contributed by atoms with van der Waals surface area (Å²) in [7, 11) is 0. The van der Waals surface area contributed by atoms with Crippen LogP contribution >= 0.6 is 0 Å². The number of nitrogens with zero attached hydrogens (tertiary/aromatic N) is 1. The highest BCUT2D eigenvalue weighted by Crippen LogP contribution is 2.37. The van der Waals surface area contributed by atoms with E-state index in [2.05, 4.69) is 6.07 Å². The first-order chi connectivity index (χ1) is 8.79. The Balaban J connectivity index is 2.04. The van der Waals surface area contributed by atoms with Gasteiger partial charge in [-0.15, -0.1) is 0 Å². The Bertz CT molecular complexity index is 650. The molecule has 2 aromatic carbocycles. The molecule has 0 bridgehead atoms. The highest BCUT2D eigenvalue weighted by molar-refractivity contribution is 6.01. The second-order valence-electron chi connectivity index (χ2n) is 4.50. The van der Waals surface area contributed by atoms with Crippen molar-refractivity contribution in [2.45, 2.75) is 12.3 Å². The molecule has 1 aliphatic rings. The van der Waals surface area contributed by atoms with Crippen molar-refractivity contribution in [3.8, 4) is 6.07 Å². The summed E-state index contributed by atoms with van der Waals surface area (Å²) in [5, 5.41) is 8.79. The van der Waals surface area contributed by atoms with E-state index in [1.165, 1.54) is 0 Å². The number of hydrogen-bond donors (Lipinski definition) is 0. The molecule has 3 rings (SSSR count). The van der Waals surface area contributed by atoms with Crippen LogP contribution in [-0.2, 0) is 0 Å². The molecular formula is C16H11NO. The van der Waals surface area contributed by atoms with E-state index in [1.54, 1.807) is 12.1 Å². The minimum Gasteiger partial charge on any atom is -0.294 e. The van der Waals surface area contributed by atoms with E-state index in [0.717, 1.165) is 16.7 Å². The first-order valence-electron chi connectivity index (χ1n) is 5.92. The van der Waals surface area contributed by atoms with E-state index in [1.807, 2.05) is 36.4 Å². The molecule has 0 amide bonds. The van der Waals surface area contributed by atoms with Crippen molar-refractivity contribution in [2.24, 2.45) is 0 Å². The summed E-state index contributed by atoms with van der Waals surface area (Å²) in [6, 6.07) is 17.4. The fourth-order valence-corrected chi connectivity index (χ4v) is 2.55. The Labute approximate surface area is 105 Å². The first-order valence-corrected chi connectivity index (χ1v) is 5.92. The quantitative estimate of drug-likeness (QED) is 0.758. The molecule has 0 aliphatic heterocycles. The maximum absolute atomic E-state index is 11.9. The van der Waals surface area contributed by atoms with Crippen molar-refractivity contribution in [2.75, 3.05) is 0 Å². The molecule has 86 valence electrons. The number of hydrogen-bond acceptors (Lipinski definition) is 2. The molecule has 0 spiro atoms. The van der Waals surface area contributed by atoms with E-state index in [0.29, 0.717) is 12.0 Å². The lowest BCUT2D eigenvalue weighted by atomic mass is 9.92. The van der Waals surface area contributed by atoms with Crippen LogP contribution in [0.4, 0.5) is 0 Å². The summed E-state index contributed by atoms with van der Waals surface area (Å²) in [5.74, 6) is 0.349. The van der Waals surface area contributed by atoms with Crippen LogP contribution in [0.5, 0.6) is 0 Å². The molecule has 1 unspecified atom stereocenters. The van der Waals surface area contributed by atoms with E-state index >= 15 is 0 Å². The van der Waals surface area contributed by atoms with Crippen molar-refractivity contribution >= 4 is 5.78 Å². The third-order valence-corrected chi connectivity index (χ3v) is 3.47. The van der Waals surface area contributed by atoms with Crippen molar-refractivity contribution < 1.29 is 4.79 Å². The summed E-state index contributed by atoms with van der Waals surface area (Å²) in [5.41, 5.74) is 3.70. The lowest BCUT2D eigenvalue weighted by Gasteiger charge is -2.10. The molecule has 0 radical (unpaired) electrons. The predicted octanol–water partition coefficient (Wildman–Crippen LogP) is 3.28. The molecule has 18 heavy (non-hydrogen) atoms. The molecule has 2 nitrogen and oxygen atoms in total. The van der Waals surface area contributed by atoms with Crippen LogP contribution in [0, 0.1) is 11.3 Å². The fourth-order valence-electron chi connectivity index (χ4n) is 2.55. The van der Waals surface area contributed by atoms with Gasteiger partial charge in [0.2, 0.25) is 0 Å². The van der Waals surface area contributed by atoms with Gasteiger partial charge in [0, 0.05) is 17.9 Å². The molecule has 1 atom stereocenters. The van der Waals surface area contributed by atoms with Gasteiger partial charge in [-0.25, -0.2) is 0 Å². The van der Waals surface area contributed by atoms with E-state index in [-0.39, 0.29) is 11.7 Å². The zero-order chi connectivity index (χ0) is 12.5. The zero-order valence-electron chi connectivity index (χ0n) is 9.76. The molecule has 2 aromatic rings. The Hall–Kier alpha value is -2.40. The number of rotatable bonds is 1. The van der Waals surface area contributed by atoms with Gasteiger partial charge in [-0.1, -0.05) is 36.4 Å². The first kappa shape index (κ1) is 10.7. The number of benzene rings is 2. The summed E-state index contributed by atoms with van der Waals surface area (Å²) in [6.07, 6.45) is 0.533. The Kier molecular flexibility index (Phi) is 2.46. The smallest absolute Gasteiger partial charge is 0.164 e. The maximum Gasteiger partial charge on any atom is 0.164 e. The molecule has 0 fully saturated rings. The average molecular weight is 233 g/mol. The maximum atomic E-state index is 11.9. The number of ketones is 1. The molecule has 0 saturated carbocycles. The van der Waals surface area contributed by atoms with Crippen molar-refractivity contribution in [1.29, 1.82) is 5.26 Å². The van der Waals surface area contributed by atoms with Gasteiger partial charge in [-0.3, -0.25) is 4.79 Å². The summed E-state index contributed by atoms with van der Waals surface area (Å²) in [4.78, 5) is 11.9. The molecule has 0 saturated heterocycles. The monoisotopic (exact) mass is 233 g/mol. The third kappa shape index (κ3) is 1.61. The molecular weight excluding hydrogens is 222 g/mol. The van der Waals surface area contributed by atoms with Gasteiger partial charge in [0.15, 0.2) is 5.78 Å². The van der Waals surface area contributed by atoms with Gasteiger partial charge >= 0.3 is 0 Å². The lowest BCUT2D eigenvalue weighted by Crippen LogP contribution is -1.96. The third-order valence-electron chi connectivity index (χ3n) is 3.47. The van der Waals surface area contributed by atoms with Gasteiger partial charge in [0.1, 0.15) is 0 Å². The Morgan fingerprint density at radius 3 is 2.50 bits per heavy atom. The molecule has 1 aliphatic carbocycles. The van der Waals surface area contributed by atoms with Crippen LogP contribution in [0.1, 0.15) is 39.4 Å². The van der Waals surface area contributed by atoms with E-state index < -0.39 is 0 Å². The highest BCUT2D eigenvalue weighted by Gasteiger charge is 2.29. The topological polar surface area (TPSA) is 40.9 Å². The van der Waals surface area contributed by atoms with Gasteiger partial charge in [-0.2, -0.15) is 5.26 Å². The summed E-state index contributed by atoms with van der Waals surface area (Å²) < 4.78 is 0. The number of Topliss-reactive ketones (excluding diaryl/α,β-unsaturated/α-hetero) is 1. The predicted molar refractivity (Wildman–Crippen MR) is 68.4 cm³/mol. The molecule has 0 N–H and O–H groups in total. The Morgan fingerprint density at radius 2 is 1.78 bits per heavy atom. The number of nitriles is 1. The second-order valence-corrected chi connectivity index (χ2v) is 4.50. The Morgan fingerprint density at radius 1 is 1.06 bits per heavy atom. The summed E-state index contributed by atoms with van der Waals surface area (Å²) in [6.45, 7) is 0. The highest BCUT2D eigenvalue weighted by atomic mass is 16.1. The van der Waals surface area contributed by atoms with E-state index in [4.69, 9.17) is 5.26 Å². The van der Waals surface area contributed by atoms with Crippen LogP contribution < -0.4 is 0 Å². The average Bonchev–Trinajstić information content (AvgIpc) is 2.77. The number of carbonyl (C=O) groups is 1. The minimum absolute atomic E-state index is 0.140. The normalized spacial score (nSPS) is 17.3. The fraction of sp³-hybridized carbons (Fsp3) is 0.125. The number of carbonyl (C=O) groups excluding carboxylic acids is 1. The van der Waals surface area contributed by atoms with Crippen LogP contribution in [0.15, 0.2) is 48.5 Å². The van der Waals surface area contributed by atoms with Crippen molar-refractivity contribution in [3.63, 3.8) is 0 Å². The second kappa shape index (κ2) is 4.12. The van der Waals surface area contributed by atoms with Crippen LogP contribution in [0.3, 0.4) is 0 Å². The zero-order valence-corrected chi connectivity index (χ0v) is 9.76. The largest absolute Gasteiger partial charge is 0.294 e. The SMILES string of the molecule is N#Cc1ccc(C2CC(=O)c3ccccc32)cc1.